The molecule has 178 valence electrons. The fraction of sp³-hybridized carbons (Fsp3) is 0.100. The number of hydrogen-bond acceptors (Lipinski definition) is 4. The molecule has 0 aromatic heterocycles. The van der Waals surface area contributed by atoms with Crippen LogP contribution >= 0.6 is 0 Å². The predicted octanol–water partition coefficient (Wildman–Crippen LogP) is 5.63. The van der Waals surface area contributed by atoms with Gasteiger partial charge in [-0.05, 0) is 66.6 Å². The van der Waals surface area contributed by atoms with E-state index in [2.05, 4.69) is 5.32 Å². The summed E-state index contributed by atoms with van der Waals surface area (Å²) >= 11 is 0. The maximum absolute atomic E-state index is 13.5. The van der Waals surface area contributed by atoms with Gasteiger partial charge in [0.25, 0.3) is 11.8 Å². The fourth-order valence-electron chi connectivity index (χ4n) is 4.28. The summed E-state index contributed by atoms with van der Waals surface area (Å²) in [6.07, 6.45) is 0.201. The van der Waals surface area contributed by atoms with Crippen LogP contribution in [0.25, 0.3) is 0 Å². The number of hydrogen-bond donors (Lipinski definition) is 1. The molecule has 0 radical (unpaired) electrons. The third-order valence-electron chi connectivity index (χ3n) is 6.06. The number of nitrogens with one attached hydrogen (secondary N) is 1. The number of aryl methyl sites for hydroxylation is 1. The van der Waals surface area contributed by atoms with E-state index in [9.17, 15) is 14.4 Å². The van der Waals surface area contributed by atoms with Crippen LogP contribution in [-0.2, 0) is 11.2 Å². The number of imide groups is 1. The molecule has 1 heterocycles. The Kier molecular flexibility index (Phi) is 6.33. The molecular weight excluding hydrogens is 452 g/mol. The van der Waals surface area contributed by atoms with Gasteiger partial charge < -0.3 is 10.1 Å². The Morgan fingerprint density at radius 3 is 2.06 bits per heavy atom. The molecule has 0 saturated heterocycles. The Hall–Kier alpha value is -4.71. The van der Waals surface area contributed by atoms with Crippen LogP contribution in [0.5, 0.6) is 11.5 Å². The van der Waals surface area contributed by atoms with Crippen LogP contribution in [0.4, 0.5) is 5.69 Å². The molecule has 1 N–H and O–H groups in total. The molecule has 4 aromatic carbocycles. The monoisotopic (exact) mass is 476 g/mol. The van der Waals surface area contributed by atoms with Crippen molar-refractivity contribution in [2.45, 2.75) is 19.4 Å². The van der Waals surface area contributed by atoms with Gasteiger partial charge in [0.15, 0.2) is 0 Å². The van der Waals surface area contributed by atoms with E-state index >= 15 is 0 Å². The second kappa shape index (κ2) is 9.88. The quantitative estimate of drug-likeness (QED) is 0.351. The number of rotatable bonds is 7. The van der Waals surface area contributed by atoms with E-state index in [1.165, 1.54) is 0 Å². The molecule has 0 spiro atoms. The summed E-state index contributed by atoms with van der Waals surface area (Å²) in [5.41, 5.74) is 3.09. The molecule has 4 aromatic rings. The Morgan fingerprint density at radius 1 is 0.778 bits per heavy atom. The average molecular weight is 477 g/mol. The Morgan fingerprint density at radius 2 is 1.42 bits per heavy atom. The van der Waals surface area contributed by atoms with Gasteiger partial charge >= 0.3 is 0 Å². The summed E-state index contributed by atoms with van der Waals surface area (Å²) in [5.74, 6) is -0.0250. The number of benzene rings is 4. The third-order valence-corrected chi connectivity index (χ3v) is 6.06. The summed E-state index contributed by atoms with van der Waals surface area (Å²) in [4.78, 5) is 40.8. The molecule has 36 heavy (non-hydrogen) atoms. The van der Waals surface area contributed by atoms with Gasteiger partial charge in [0.05, 0.1) is 11.1 Å². The van der Waals surface area contributed by atoms with E-state index in [0.717, 1.165) is 21.8 Å². The van der Waals surface area contributed by atoms with Crippen LogP contribution < -0.4 is 10.1 Å². The highest BCUT2D eigenvalue weighted by molar-refractivity contribution is 6.23. The normalized spacial score (nSPS) is 13.3. The van der Waals surface area contributed by atoms with Crippen molar-refractivity contribution < 1.29 is 19.1 Å². The lowest BCUT2D eigenvalue weighted by molar-refractivity contribution is -0.119. The molecule has 1 unspecified atom stereocenters. The second-order valence-electron chi connectivity index (χ2n) is 8.66. The molecule has 3 amide bonds. The predicted molar refractivity (Wildman–Crippen MR) is 137 cm³/mol. The zero-order chi connectivity index (χ0) is 25.1. The summed E-state index contributed by atoms with van der Waals surface area (Å²) in [7, 11) is 0. The Balaban J connectivity index is 1.37. The first kappa shape index (κ1) is 23.1. The van der Waals surface area contributed by atoms with Gasteiger partial charge in [-0.15, -0.1) is 0 Å². The first-order valence-electron chi connectivity index (χ1n) is 11.7. The summed E-state index contributed by atoms with van der Waals surface area (Å²) in [6.45, 7) is 1.99. The average Bonchev–Trinajstić information content (AvgIpc) is 3.14. The van der Waals surface area contributed by atoms with E-state index in [-0.39, 0.29) is 6.42 Å². The summed E-state index contributed by atoms with van der Waals surface area (Å²) in [6, 6.07) is 29.7. The number of amides is 3. The molecule has 1 aliphatic rings. The maximum atomic E-state index is 13.5. The number of ether oxygens (including phenoxy) is 1. The second-order valence-corrected chi connectivity index (χ2v) is 8.66. The van der Waals surface area contributed by atoms with Crippen molar-refractivity contribution in [3.05, 3.63) is 125 Å². The molecule has 1 atom stereocenters. The van der Waals surface area contributed by atoms with Crippen molar-refractivity contribution in [2.75, 3.05) is 5.32 Å². The van der Waals surface area contributed by atoms with Gasteiger partial charge in [-0.1, -0.05) is 54.6 Å². The minimum atomic E-state index is -1.01. The van der Waals surface area contributed by atoms with E-state index in [1.54, 1.807) is 48.5 Å². The lowest BCUT2D eigenvalue weighted by atomic mass is 10.0. The molecule has 0 aliphatic carbocycles. The summed E-state index contributed by atoms with van der Waals surface area (Å²) in [5, 5.41) is 2.87. The van der Waals surface area contributed by atoms with Crippen molar-refractivity contribution in [3.8, 4) is 11.5 Å². The van der Waals surface area contributed by atoms with Crippen LogP contribution in [0.1, 0.15) is 31.8 Å². The van der Waals surface area contributed by atoms with Crippen molar-refractivity contribution in [2.24, 2.45) is 0 Å². The fourth-order valence-corrected chi connectivity index (χ4v) is 4.28. The molecule has 5 rings (SSSR count). The Labute approximate surface area is 209 Å². The molecule has 0 bridgehead atoms. The SMILES string of the molecule is Cc1cccc(Oc2ccc(NC(=O)C(Cc3ccccc3)N3C(=O)c4ccccc4C3=O)cc2)c1. The first-order valence-corrected chi connectivity index (χ1v) is 11.7. The highest BCUT2D eigenvalue weighted by Crippen LogP contribution is 2.28. The van der Waals surface area contributed by atoms with Gasteiger partial charge in [-0.25, -0.2) is 0 Å². The Bertz CT molecular complexity index is 1400. The maximum Gasteiger partial charge on any atom is 0.262 e. The van der Waals surface area contributed by atoms with Crippen molar-refractivity contribution >= 4 is 23.4 Å². The van der Waals surface area contributed by atoms with Crippen LogP contribution in [0.3, 0.4) is 0 Å². The molecule has 1 aliphatic heterocycles. The largest absolute Gasteiger partial charge is 0.457 e. The van der Waals surface area contributed by atoms with Crippen molar-refractivity contribution in [3.63, 3.8) is 0 Å². The minimum absolute atomic E-state index is 0.201. The number of fused-ring (bicyclic) bond motifs is 1. The standard InChI is InChI=1S/C30H24N2O4/c1-20-8-7-11-24(18-20)36-23-16-14-22(15-17-23)31-28(33)27(19-21-9-3-2-4-10-21)32-29(34)25-12-5-6-13-26(25)30(32)35/h2-18,27H,19H2,1H3,(H,31,33). The molecule has 0 saturated carbocycles. The van der Waals surface area contributed by atoms with E-state index in [4.69, 9.17) is 4.74 Å². The van der Waals surface area contributed by atoms with E-state index < -0.39 is 23.8 Å². The van der Waals surface area contributed by atoms with Crippen LogP contribution in [-0.4, -0.2) is 28.7 Å². The lowest BCUT2D eigenvalue weighted by Gasteiger charge is -2.25. The van der Waals surface area contributed by atoms with Crippen LogP contribution in [0.15, 0.2) is 103 Å². The van der Waals surface area contributed by atoms with Gasteiger partial charge in [0.2, 0.25) is 5.91 Å². The third kappa shape index (κ3) is 4.74. The highest BCUT2D eigenvalue weighted by atomic mass is 16.5. The molecule has 6 heteroatoms. The zero-order valence-electron chi connectivity index (χ0n) is 19.7. The van der Waals surface area contributed by atoms with Crippen molar-refractivity contribution in [1.82, 2.24) is 4.90 Å². The minimum Gasteiger partial charge on any atom is -0.457 e. The topological polar surface area (TPSA) is 75.7 Å². The smallest absolute Gasteiger partial charge is 0.262 e. The number of anilines is 1. The van der Waals surface area contributed by atoms with E-state index in [1.807, 2.05) is 61.5 Å². The van der Waals surface area contributed by atoms with Gasteiger partial charge in [-0.2, -0.15) is 0 Å². The molecular formula is C30H24N2O4. The molecule has 6 nitrogen and oxygen atoms in total. The van der Waals surface area contributed by atoms with Crippen LogP contribution in [0, 0.1) is 6.92 Å². The van der Waals surface area contributed by atoms with Gasteiger partial charge in [0, 0.05) is 12.1 Å². The lowest BCUT2D eigenvalue weighted by Crippen LogP contribution is -2.48. The van der Waals surface area contributed by atoms with Crippen LogP contribution in [0.2, 0.25) is 0 Å². The van der Waals surface area contributed by atoms with Crippen molar-refractivity contribution in [1.29, 1.82) is 0 Å². The van der Waals surface area contributed by atoms with Gasteiger partial charge in [0.1, 0.15) is 17.5 Å². The number of carbonyl (C=O) groups is 3. The highest BCUT2D eigenvalue weighted by Gasteiger charge is 2.42. The summed E-state index contributed by atoms with van der Waals surface area (Å²) < 4.78 is 5.88. The van der Waals surface area contributed by atoms with E-state index in [0.29, 0.717) is 22.6 Å². The number of carbonyl (C=O) groups excluding carboxylic acids is 3. The van der Waals surface area contributed by atoms with Gasteiger partial charge in [-0.3, -0.25) is 19.3 Å². The zero-order valence-corrected chi connectivity index (χ0v) is 19.7. The first-order chi connectivity index (χ1) is 17.5. The molecule has 0 fully saturated rings. The number of nitrogens with zero attached hydrogens (tertiary/aromatic N) is 1.